The largest absolute Gasteiger partial charge is 0.507 e. The van der Waals surface area contributed by atoms with Crippen molar-refractivity contribution in [1.29, 1.82) is 0 Å². The number of fused-ring (bicyclic) bond motifs is 1. The zero-order valence-electron chi connectivity index (χ0n) is 7.63. The van der Waals surface area contributed by atoms with Crippen LogP contribution in [0.1, 0.15) is 33.2 Å². The number of phenolic OH excluding ortho intramolecular Hbond substituents is 1. The number of nitrogens with one attached hydrogen (secondary N) is 1. The van der Waals surface area contributed by atoms with Gasteiger partial charge in [0.2, 0.25) is 0 Å². The first-order valence-corrected chi connectivity index (χ1v) is 4.35. The molecule has 1 aliphatic heterocycles. The summed E-state index contributed by atoms with van der Waals surface area (Å²) in [5, 5.41) is 11.8. The third kappa shape index (κ3) is 1.00. The molecule has 0 unspecified atom stereocenters. The van der Waals surface area contributed by atoms with Crippen LogP contribution in [0.25, 0.3) is 0 Å². The highest BCUT2D eigenvalue weighted by Crippen LogP contribution is 2.29. The minimum absolute atomic E-state index is 0.0756. The van der Waals surface area contributed by atoms with Crippen molar-refractivity contribution in [3.63, 3.8) is 0 Å². The lowest BCUT2D eigenvalue weighted by Gasteiger charge is -2.03. The van der Waals surface area contributed by atoms with Gasteiger partial charge in [0.15, 0.2) is 0 Å². The van der Waals surface area contributed by atoms with E-state index in [-0.39, 0.29) is 16.9 Å². The maximum atomic E-state index is 11.3. The van der Waals surface area contributed by atoms with Crippen LogP contribution in [-0.4, -0.2) is 16.9 Å². The van der Waals surface area contributed by atoms with Crippen molar-refractivity contribution in [2.45, 2.75) is 13.3 Å². The van der Waals surface area contributed by atoms with Gasteiger partial charge >= 0.3 is 0 Å². The van der Waals surface area contributed by atoms with Crippen LogP contribution in [0.5, 0.6) is 5.75 Å². The van der Waals surface area contributed by atoms with Crippen LogP contribution in [0.2, 0.25) is 0 Å². The van der Waals surface area contributed by atoms with Gasteiger partial charge in [-0.05, 0) is 18.1 Å². The molecule has 0 bridgehead atoms. The zero-order chi connectivity index (χ0) is 10.3. The maximum absolute atomic E-state index is 11.3. The second kappa shape index (κ2) is 2.83. The molecule has 0 saturated carbocycles. The third-order valence-electron chi connectivity index (χ3n) is 2.34. The van der Waals surface area contributed by atoms with E-state index in [0.717, 1.165) is 0 Å². The number of rotatable bonds is 1. The Balaban J connectivity index is 2.70. The fourth-order valence-electron chi connectivity index (χ4n) is 1.57. The van der Waals surface area contributed by atoms with Crippen molar-refractivity contribution in [3.8, 4) is 5.75 Å². The van der Waals surface area contributed by atoms with Crippen molar-refractivity contribution in [3.05, 3.63) is 28.8 Å². The number of hydrogen-bond donors (Lipinski definition) is 2. The highest BCUT2D eigenvalue weighted by molar-refractivity contribution is 6.22. The summed E-state index contributed by atoms with van der Waals surface area (Å²) in [7, 11) is 0. The molecule has 72 valence electrons. The number of imide groups is 1. The molecule has 2 N–H and O–H groups in total. The lowest BCUT2D eigenvalue weighted by molar-refractivity contribution is 0.0879. The molecule has 4 nitrogen and oxygen atoms in total. The Hall–Kier alpha value is -1.84. The lowest BCUT2D eigenvalue weighted by atomic mass is 10.0. The Bertz CT molecular complexity index is 437. The number of amides is 2. The second-order valence-corrected chi connectivity index (χ2v) is 3.13. The first kappa shape index (κ1) is 8.74. The predicted molar refractivity (Wildman–Crippen MR) is 49.3 cm³/mol. The van der Waals surface area contributed by atoms with Crippen molar-refractivity contribution < 1.29 is 14.7 Å². The molecule has 0 aromatic heterocycles. The number of benzene rings is 1. The monoisotopic (exact) mass is 191 g/mol. The number of carbonyl (C=O) groups is 2. The molecule has 0 spiro atoms. The van der Waals surface area contributed by atoms with E-state index >= 15 is 0 Å². The average molecular weight is 191 g/mol. The van der Waals surface area contributed by atoms with Crippen molar-refractivity contribution >= 4 is 11.8 Å². The topological polar surface area (TPSA) is 66.4 Å². The van der Waals surface area contributed by atoms with Crippen molar-refractivity contribution in [1.82, 2.24) is 5.32 Å². The van der Waals surface area contributed by atoms with Crippen LogP contribution in [0.15, 0.2) is 12.1 Å². The van der Waals surface area contributed by atoms with Gasteiger partial charge < -0.3 is 5.11 Å². The molecule has 0 radical (unpaired) electrons. The van der Waals surface area contributed by atoms with Crippen LogP contribution < -0.4 is 5.32 Å². The van der Waals surface area contributed by atoms with Crippen LogP contribution in [0.4, 0.5) is 0 Å². The molecule has 2 amide bonds. The van der Waals surface area contributed by atoms with Gasteiger partial charge in [-0.3, -0.25) is 14.9 Å². The van der Waals surface area contributed by atoms with Crippen LogP contribution in [-0.2, 0) is 6.42 Å². The maximum Gasteiger partial charge on any atom is 0.262 e. The first-order valence-electron chi connectivity index (χ1n) is 4.35. The summed E-state index contributed by atoms with van der Waals surface area (Å²) < 4.78 is 0. The van der Waals surface area contributed by atoms with E-state index in [9.17, 15) is 14.7 Å². The minimum Gasteiger partial charge on any atom is -0.507 e. The van der Waals surface area contributed by atoms with Gasteiger partial charge in [0.05, 0.1) is 11.1 Å². The fraction of sp³-hybridized carbons (Fsp3) is 0.200. The third-order valence-corrected chi connectivity index (χ3v) is 2.34. The van der Waals surface area contributed by atoms with Gasteiger partial charge in [-0.2, -0.15) is 0 Å². The number of hydrogen-bond acceptors (Lipinski definition) is 3. The molecule has 4 heteroatoms. The van der Waals surface area contributed by atoms with Crippen LogP contribution in [0.3, 0.4) is 0 Å². The standard InChI is InChI=1S/C10H9NO3/c1-2-5-3-4-6-7(8(5)12)10(14)11-9(6)13/h3-4,12H,2H2,1H3,(H,11,13,14). The molecule has 2 rings (SSSR count). The Kier molecular flexibility index (Phi) is 1.77. The van der Waals surface area contributed by atoms with Gasteiger partial charge in [0, 0.05) is 0 Å². The second-order valence-electron chi connectivity index (χ2n) is 3.13. The molecule has 1 aliphatic rings. The highest BCUT2D eigenvalue weighted by Gasteiger charge is 2.30. The molecule has 0 fully saturated rings. The summed E-state index contributed by atoms with van der Waals surface area (Å²) in [6.45, 7) is 1.87. The highest BCUT2D eigenvalue weighted by atomic mass is 16.3. The molecule has 0 aliphatic carbocycles. The summed E-state index contributed by atoms with van der Waals surface area (Å²) in [5.41, 5.74) is 1.03. The van der Waals surface area contributed by atoms with Gasteiger partial charge in [0.1, 0.15) is 5.75 Å². The van der Waals surface area contributed by atoms with Crippen molar-refractivity contribution in [2.75, 3.05) is 0 Å². The minimum atomic E-state index is -0.516. The molecule has 0 atom stereocenters. The quantitative estimate of drug-likeness (QED) is 0.646. The van der Waals surface area contributed by atoms with E-state index in [1.165, 1.54) is 0 Å². The molecule has 1 aromatic rings. The number of carbonyl (C=O) groups excluding carboxylic acids is 2. The van der Waals surface area contributed by atoms with E-state index in [1.54, 1.807) is 12.1 Å². The summed E-state index contributed by atoms with van der Waals surface area (Å²) in [6, 6.07) is 3.22. The van der Waals surface area contributed by atoms with E-state index in [1.807, 2.05) is 6.92 Å². The Morgan fingerprint density at radius 1 is 1.29 bits per heavy atom. The molecule has 14 heavy (non-hydrogen) atoms. The van der Waals surface area contributed by atoms with Gasteiger partial charge in [0.25, 0.3) is 11.8 Å². The molecule has 0 saturated heterocycles. The SMILES string of the molecule is CCc1ccc2c(c1O)C(=O)NC2=O. The summed E-state index contributed by atoms with van der Waals surface area (Å²) in [4.78, 5) is 22.5. The zero-order valence-corrected chi connectivity index (χ0v) is 7.63. The van der Waals surface area contributed by atoms with Gasteiger partial charge in [-0.25, -0.2) is 0 Å². The molecular formula is C10H9NO3. The lowest BCUT2D eigenvalue weighted by Crippen LogP contribution is -2.19. The number of aryl methyl sites for hydroxylation is 1. The van der Waals surface area contributed by atoms with Crippen LogP contribution in [0, 0.1) is 0 Å². The normalized spacial score (nSPS) is 14.1. The number of phenols is 1. The Morgan fingerprint density at radius 3 is 2.64 bits per heavy atom. The summed E-state index contributed by atoms with van der Waals surface area (Å²) in [6.07, 6.45) is 0.626. The summed E-state index contributed by atoms with van der Waals surface area (Å²) >= 11 is 0. The molecular weight excluding hydrogens is 182 g/mol. The summed E-state index contributed by atoms with van der Waals surface area (Å²) in [5.74, 6) is -1.03. The average Bonchev–Trinajstić information content (AvgIpc) is 2.44. The van der Waals surface area contributed by atoms with E-state index in [0.29, 0.717) is 12.0 Å². The van der Waals surface area contributed by atoms with E-state index in [4.69, 9.17) is 0 Å². The molecule has 1 aromatic carbocycles. The fourth-order valence-corrected chi connectivity index (χ4v) is 1.57. The first-order chi connectivity index (χ1) is 6.65. The Morgan fingerprint density at radius 2 is 2.00 bits per heavy atom. The van der Waals surface area contributed by atoms with E-state index in [2.05, 4.69) is 5.32 Å². The van der Waals surface area contributed by atoms with Gasteiger partial charge in [-0.15, -0.1) is 0 Å². The van der Waals surface area contributed by atoms with Crippen molar-refractivity contribution in [2.24, 2.45) is 0 Å². The molecule has 1 heterocycles. The van der Waals surface area contributed by atoms with Crippen LogP contribution >= 0.6 is 0 Å². The smallest absolute Gasteiger partial charge is 0.262 e. The number of aromatic hydroxyl groups is 1. The van der Waals surface area contributed by atoms with Gasteiger partial charge in [-0.1, -0.05) is 13.0 Å². The Labute approximate surface area is 80.6 Å². The predicted octanol–water partition coefficient (Wildman–Crippen LogP) is 0.838. The van der Waals surface area contributed by atoms with E-state index < -0.39 is 11.8 Å².